The number of nitrogens with zero attached hydrogens (tertiary/aromatic N) is 2. The molecule has 106 valence electrons. The molecule has 0 N–H and O–H groups in total. The predicted molar refractivity (Wildman–Crippen MR) is 80.6 cm³/mol. The highest BCUT2D eigenvalue weighted by atomic mass is 127. The quantitative estimate of drug-likeness (QED) is 0.310. The molecule has 0 heterocycles. The maximum atomic E-state index is 11.0. The predicted octanol–water partition coefficient (Wildman–Crippen LogP) is 3.21. The summed E-state index contributed by atoms with van der Waals surface area (Å²) in [5.41, 5.74) is 0.0186. The standard InChI is InChI=1S/C13H13IN2O4/c1-9(17)4-2-3-5-20-13-11(14)6-10(8-15)7-12(13)16(18)19/h6-7H,2-5H2,1H3. The third-order valence-corrected chi connectivity index (χ3v) is 3.32. The van der Waals surface area contributed by atoms with Crippen LogP contribution in [0, 0.1) is 25.0 Å². The number of rotatable bonds is 7. The van der Waals surface area contributed by atoms with Gasteiger partial charge >= 0.3 is 5.69 Å². The van der Waals surface area contributed by atoms with Crippen LogP contribution >= 0.6 is 22.6 Å². The van der Waals surface area contributed by atoms with Crippen molar-refractivity contribution in [2.75, 3.05) is 6.61 Å². The van der Waals surface area contributed by atoms with E-state index in [-0.39, 0.29) is 22.8 Å². The van der Waals surface area contributed by atoms with E-state index >= 15 is 0 Å². The average Bonchev–Trinajstić information content (AvgIpc) is 2.38. The number of ketones is 1. The third kappa shape index (κ3) is 4.77. The summed E-state index contributed by atoms with van der Waals surface area (Å²) in [7, 11) is 0. The number of nitriles is 1. The Morgan fingerprint density at radius 1 is 1.50 bits per heavy atom. The Morgan fingerprint density at radius 2 is 2.20 bits per heavy atom. The van der Waals surface area contributed by atoms with E-state index in [0.717, 1.165) is 0 Å². The molecule has 1 aromatic rings. The van der Waals surface area contributed by atoms with Crippen molar-refractivity contribution < 1.29 is 14.5 Å². The average molecular weight is 388 g/mol. The summed E-state index contributed by atoms with van der Waals surface area (Å²) in [6, 6.07) is 4.62. The van der Waals surface area contributed by atoms with E-state index in [1.54, 1.807) is 6.07 Å². The Balaban J connectivity index is 2.76. The molecule has 0 atom stereocenters. The summed E-state index contributed by atoms with van der Waals surface area (Å²) >= 11 is 1.91. The summed E-state index contributed by atoms with van der Waals surface area (Å²) in [5, 5.41) is 19.8. The molecule has 0 spiro atoms. The van der Waals surface area contributed by atoms with Crippen LogP contribution in [0.1, 0.15) is 31.7 Å². The van der Waals surface area contributed by atoms with Gasteiger partial charge in [-0.25, -0.2) is 0 Å². The molecule has 0 bridgehead atoms. The van der Waals surface area contributed by atoms with Gasteiger partial charge in [-0.05, 0) is 48.4 Å². The van der Waals surface area contributed by atoms with Crippen LogP contribution in [0.4, 0.5) is 5.69 Å². The van der Waals surface area contributed by atoms with Crippen molar-refractivity contribution in [3.8, 4) is 11.8 Å². The number of hydrogen-bond donors (Lipinski definition) is 0. The maximum Gasteiger partial charge on any atom is 0.313 e. The van der Waals surface area contributed by atoms with Crippen LogP contribution in [0.2, 0.25) is 0 Å². The number of Topliss-reactive ketones (excluding diaryl/α,β-unsaturated/α-hetero) is 1. The van der Waals surface area contributed by atoms with Gasteiger partial charge in [0, 0.05) is 12.5 Å². The largest absolute Gasteiger partial charge is 0.486 e. The summed E-state index contributed by atoms with van der Waals surface area (Å²) < 4.78 is 5.97. The highest BCUT2D eigenvalue weighted by molar-refractivity contribution is 14.1. The number of halogens is 1. The zero-order chi connectivity index (χ0) is 15.1. The van der Waals surface area contributed by atoms with Gasteiger partial charge in [0.1, 0.15) is 5.78 Å². The highest BCUT2D eigenvalue weighted by Gasteiger charge is 2.20. The number of benzene rings is 1. The fourth-order valence-corrected chi connectivity index (χ4v) is 2.34. The topological polar surface area (TPSA) is 93.2 Å². The lowest BCUT2D eigenvalue weighted by Gasteiger charge is -2.08. The SMILES string of the molecule is CC(=O)CCCCOc1c(I)cc(C#N)cc1[N+](=O)[O-]. The van der Waals surface area contributed by atoms with Crippen LogP contribution in [0.15, 0.2) is 12.1 Å². The lowest BCUT2D eigenvalue weighted by atomic mass is 10.2. The fourth-order valence-electron chi connectivity index (χ4n) is 1.57. The molecule has 1 rings (SSSR count). The zero-order valence-electron chi connectivity index (χ0n) is 10.9. The molecule has 0 aromatic heterocycles. The number of ether oxygens (including phenoxy) is 1. The second-order valence-electron chi connectivity index (χ2n) is 4.18. The minimum atomic E-state index is -0.562. The van der Waals surface area contributed by atoms with Gasteiger partial charge in [-0.3, -0.25) is 10.1 Å². The van der Waals surface area contributed by atoms with E-state index in [9.17, 15) is 14.9 Å². The first-order valence-corrected chi connectivity index (χ1v) is 7.04. The van der Waals surface area contributed by atoms with Crippen molar-refractivity contribution in [1.82, 2.24) is 0 Å². The molecule has 0 saturated heterocycles. The monoisotopic (exact) mass is 388 g/mol. The molecule has 0 aliphatic carbocycles. The van der Waals surface area contributed by atoms with E-state index in [1.165, 1.54) is 13.0 Å². The molecule has 20 heavy (non-hydrogen) atoms. The van der Waals surface area contributed by atoms with Gasteiger partial charge in [-0.15, -0.1) is 0 Å². The van der Waals surface area contributed by atoms with Crippen molar-refractivity contribution in [2.24, 2.45) is 0 Å². The number of nitro groups is 1. The normalized spacial score (nSPS) is 9.85. The number of carbonyl (C=O) groups is 1. The van der Waals surface area contributed by atoms with Gasteiger partial charge in [0.2, 0.25) is 5.75 Å². The number of nitro benzene ring substituents is 1. The van der Waals surface area contributed by atoms with Gasteiger partial charge in [-0.1, -0.05) is 0 Å². The molecule has 1 aromatic carbocycles. The lowest BCUT2D eigenvalue weighted by Crippen LogP contribution is -2.03. The van der Waals surface area contributed by atoms with Crippen molar-refractivity contribution >= 4 is 34.1 Å². The minimum absolute atomic E-state index is 0.115. The van der Waals surface area contributed by atoms with Crippen molar-refractivity contribution in [3.63, 3.8) is 0 Å². The highest BCUT2D eigenvalue weighted by Crippen LogP contribution is 2.33. The van der Waals surface area contributed by atoms with Gasteiger partial charge in [0.15, 0.2) is 0 Å². The van der Waals surface area contributed by atoms with Crippen LogP contribution in [0.5, 0.6) is 5.75 Å². The van der Waals surface area contributed by atoms with Crippen LogP contribution in [0.3, 0.4) is 0 Å². The van der Waals surface area contributed by atoms with Crippen molar-refractivity contribution in [3.05, 3.63) is 31.4 Å². The first-order chi connectivity index (χ1) is 9.45. The van der Waals surface area contributed by atoms with Crippen LogP contribution in [0.25, 0.3) is 0 Å². The first kappa shape index (κ1) is 16.4. The smallest absolute Gasteiger partial charge is 0.313 e. The van der Waals surface area contributed by atoms with Crippen molar-refractivity contribution in [1.29, 1.82) is 5.26 Å². The minimum Gasteiger partial charge on any atom is -0.486 e. The summed E-state index contributed by atoms with van der Waals surface area (Å²) in [6.45, 7) is 1.82. The van der Waals surface area contributed by atoms with E-state index < -0.39 is 4.92 Å². The van der Waals surface area contributed by atoms with Gasteiger partial charge in [0.05, 0.1) is 26.7 Å². The molecule has 0 fully saturated rings. The molecule has 0 aliphatic rings. The van der Waals surface area contributed by atoms with E-state index in [2.05, 4.69) is 0 Å². The second-order valence-corrected chi connectivity index (χ2v) is 5.35. The third-order valence-electron chi connectivity index (χ3n) is 2.52. The first-order valence-electron chi connectivity index (χ1n) is 5.96. The lowest BCUT2D eigenvalue weighted by molar-refractivity contribution is -0.386. The molecule has 0 aliphatic heterocycles. The number of hydrogen-bond acceptors (Lipinski definition) is 5. The maximum absolute atomic E-state index is 11.0. The fraction of sp³-hybridized carbons (Fsp3) is 0.385. The summed E-state index contributed by atoms with van der Waals surface area (Å²) in [4.78, 5) is 21.2. The second kappa shape index (κ2) is 7.79. The molecule has 0 saturated carbocycles. The van der Waals surface area contributed by atoms with E-state index in [0.29, 0.717) is 29.4 Å². The molecule has 7 heteroatoms. The molecular formula is C13H13IN2O4. The Morgan fingerprint density at radius 3 is 2.75 bits per heavy atom. The molecule has 0 radical (unpaired) electrons. The molecule has 0 amide bonds. The van der Waals surface area contributed by atoms with Crippen LogP contribution in [-0.4, -0.2) is 17.3 Å². The Hall–Kier alpha value is -1.69. The van der Waals surface area contributed by atoms with Crippen molar-refractivity contribution in [2.45, 2.75) is 26.2 Å². The molecular weight excluding hydrogens is 375 g/mol. The van der Waals surface area contributed by atoms with Gasteiger partial charge in [0.25, 0.3) is 0 Å². The molecule has 0 unspecified atom stereocenters. The van der Waals surface area contributed by atoms with Gasteiger partial charge < -0.3 is 9.53 Å². The Labute approximate surface area is 130 Å². The summed E-state index contributed by atoms with van der Waals surface area (Å²) in [6.07, 6.45) is 1.82. The zero-order valence-corrected chi connectivity index (χ0v) is 13.0. The summed E-state index contributed by atoms with van der Waals surface area (Å²) in [5.74, 6) is 0.293. The molecule has 6 nitrogen and oxygen atoms in total. The Kier molecular flexibility index (Phi) is 6.38. The van der Waals surface area contributed by atoms with E-state index in [4.69, 9.17) is 10.00 Å². The number of carbonyl (C=O) groups excluding carboxylic acids is 1. The van der Waals surface area contributed by atoms with Crippen LogP contribution in [-0.2, 0) is 4.79 Å². The van der Waals surface area contributed by atoms with Gasteiger partial charge in [-0.2, -0.15) is 5.26 Å². The van der Waals surface area contributed by atoms with E-state index in [1.807, 2.05) is 28.7 Å². The Bertz CT molecular complexity index is 566. The number of unbranched alkanes of at least 4 members (excludes halogenated alkanes) is 1. The van der Waals surface area contributed by atoms with Crippen LogP contribution < -0.4 is 4.74 Å².